The molecule has 0 aromatic carbocycles. The van der Waals surface area contributed by atoms with Gasteiger partial charge in [-0.1, -0.05) is 13.0 Å². The number of carbonyl (C=O) groups excluding carboxylic acids is 2. The average Bonchev–Trinajstić information content (AvgIpc) is 2.83. The van der Waals surface area contributed by atoms with E-state index >= 15 is 0 Å². The predicted molar refractivity (Wildman–Crippen MR) is 124 cm³/mol. The molecule has 1 saturated heterocycles. The third-order valence-corrected chi connectivity index (χ3v) is 6.16. The van der Waals surface area contributed by atoms with Crippen LogP contribution in [0.2, 0.25) is 0 Å². The summed E-state index contributed by atoms with van der Waals surface area (Å²) in [6.07, 6.45) is 6.45. The van der Waals surface area contributed by atoms with E-state index in [0.29, 0.717) is 35.3 Å². The summed E-state index contributed by atoms with van der Waals surface area (Å²) in [6, 6.07) is 4.12. The van der Waals surface area contributed by atoms with Crippen molar-refractivity contribution in [2.24, 2.45) is 4.99 Å². The Morgan fingerprint density at radius 1 is 1.25 bits per heavy atom. The molecule has 4 rings (SSSR count). The SMILES string of the molecule is CCC1=Nc2ncc(CN3CCC(c4cnc(C(=O)NC)c(C)c4)CC3)cc2NC1=C=O. The van der Waals surface area contributed by atoms with Gasteiger partial charge in [0.1, 0.15) is 11.4 Å². The number of pyridine rings is 2. The lowest BCUT2D eigenvalue weighted by molar-refractivity contribution is 0.0957. The monoisotopic (exact) mass is 432 g/mol. The maximum Gasteiger partial charge on any atom is 0.269 e. The van der Waals surface area contributed by atoms with Crippen LogP contribution >= 0.6 is 0 Å². The van der Waals surface area contributed by atoms with Crippen molar-refractivity contribution in [2.45, 2.75) is 45.6 Å². The van der Waals surface area contributed by atoms with E-state index in [1.54, 1.807) is 7.05 Å². The molecule has 2 aromatic rings. The molecule has 2 aliphatic rings. The van der Waals surface area contributed by atoms with Gasteiger partial charge in [0.2, 0.25) is 0 Å². The second kappa shape index (κ2) is 9.42. The van der Waals surface area contributed by atoms with Gasteiger partial charge in [-0.25, -0.2) is 14.8 Å². The normalized spacial score (nSPS) is 16.6. The Kier molecular flexibility index (Phi) is 6.44. The molecule has 1 fully saturated rings. The zero-order chi connectivity index (χ0) is 22.7. The number of fused-ring (bicyclic) bond motifs is 1. The van der Waals surface area contributed by atoms with Gasteiger partial charge >= 0.3 is 0 Å². The number of nitrogens with one attached hydrogen (secondary N) is 2. The van der Waals surface area contributed by atoms with E-state index in [0.717, 1.165) is 49.3 Å². The third kappa shape index (κ3) is 4.47. The molecule has 0 saturated carbocycles. The fourth-order valence-electron chi connectivity index (χ4n) is 4.36. The Morgan fingerprint density at radius 2 is 2.03 bits per heavy atom. The van der Waals surface area contributed by atoms with Crippen LogP contribution in [-0.4, -0.2) is 52.6 Å². The highest BCUT2D eigenvalue weighted by molar-refractivity contribution is 6.11. The number of rotatable bonds is 5. The van der Waals surface area contributed by atoms with Gasteiger partial charge in [-0.15, -0.1) is 0 Å². The van der Waals surface area contributed by atoms with E-state index < -0.39 is 0 Å². The first-order valence-corrected chi connectivity index (χ1v) is 11.0. The summed E-state index contributed by atoms with van der Waals surface area (Å²) in [5, 5.41) is 5.76. The summed E-state index contributed by atoms with van der Waals surface area (Å²) in [6.45, 7) is 6.64. The molecule has 2 N–H and O–H groups in total. The number of anilines is 1. The molecule has 0 atom stereocenters. The second-order valence-electron chi connectivity index (χ2n) is 8.29. The summed E-state index contributed by atoms with van der Waals surface area (Å²) in [5.74, 6) is 2.86. The molecule has 8 heteroatoms. The molecule has 2 aromatic heterocycles. The lowest BCUT2D eigenvalue weighted by Crippen LogP contribution is -2.32. The number of amides is 1. The van der Waals surface area contributed by atoms with Crippen LogP contribution in [0.1, 0.15) is 59.3 Å². The van der Waals surface area contributed by atoms with E-state index in [-0.39, 0.29) is 5.91 Å². The first-order chi connectivity index (χ1) is 15.5. The first kappa shape index (κ1) is 21.9. The lowest BCUT2D eigenvalue weighted by Gasteiger charge is -2.32. The van der Waals surface area contributed by atoms with Crippen molar-refractivity contribution in [1.82, 2.24) is 20.2 Å². The van der Waals surface area contributed by atoms with Gasteiger partial charge in [-0.05, 0) is 68.0 Å². The highest BCUT2D eigenvalue weighted by atomic mass is 16.1. The van der Waals surface area contributed by atoms with Crippen molar-refractivity contribution < 1.29 is 9.59 Å². The van der Waals surface area contributed by atoms with Crippen LogP contribution in [0.3, 0.4) is 0 Å². The van der Waals surface area contributed by atoms with Crippen molar-refractivity contribution in [3.63, 3.8) is 0 Å². The Labute approximate surface area is 187 Å². The molecule has 0 radical (unpaired) electrons. The predicted octanol–water partition coefficient (Wildman–Crippen LogP) is 3.15. The van der Waals surface area contributed by atoms with Crippen LogP contribution in [0.5, 0.6) is 0 Å². The number of piperidine rings is 1. The molecular formula is C24H28N6O2. The minimum Gasteiger partial charge on any atom is -0.354 e. The van der Waals surface area contributed by atoms with E-state index in [4.69, 9.17) is 0 Å². The maximum atomic E-state index is 11.9. The lowest BCUT2D eigenvalue weighted by atomic mass is 9.89. The van der Waals surface area contributed by atoms with E-state index in [1.165, 1.54) is 5.56 Å². The molecule has 32 heavy (non-hydrogen) atoms. The smallest absolute Gasteiger partial charge is 0.269 e. The number of nitrogens with zero attached hydrogens (tertiary/aromatic N) is 4. The molecule has 4 heterocycles. The Balaban J connectivity index is 1.39. The van der Waals surface area contributed by atoms with Gasteiger partial charge in [-0.3, -0.25) is 14.7 Å². The number of aliphatic imine (C=N–C) groups is 1. The van der Waals surface area contributed by atoms with Gasteiger partial charge in [0.15, 0.2) is 11.8 Å². The van der Waals surface area contributed by atoms with Gasteiger partial charge in [0.25, 0.3) is 5.91 Å². The summed E-state index contributed by atoms with van der Waals surface area (Å²) >= 11 is 0. The summed E-state index contributed by atoms with van der Waals surface area (Å²) in [5.41, 5.74) is 5.52. The standard InChI is InChI=1S/C24H28N6O2/c1-4-19-21(14-31)28-20-10-16(11-27-23(20)29-19)13-30-7-5-17(6-8-30)18-9-15(2)22(26-12-18)24(32)25-3/h9-12,17,28H,4-8,13H2,1-3H3,(H,25,32). The second-order valence-corrected chi connectivity index (χ2v) is 8.29. The molecule has 0 aliphatic carbocycles. The third-order valence-electron chi connectivity index (χ3n) is 6.16. The summed E-state index contributed by atoms with van der Waals surface area (Å²) < 4.78 is 0. The van der Waals surface area contributed by atoms with Crippen molar-refractivity contribution >= 4 is 29.1 Å². The van der Waals surface area contributed by atoms with Crippen LogP contribution in [0, 0.1) is 6.92 Å². The number of allylic oxidation sites excluding steroid dienone is 1. The minimum absolute atomic E-state index is 0.149. The number of carbonyl (C=O) groups is 1. The van der Waals surface area contributed by atoms with Gasteiger partial charge < -0.3 is 10.6 Å². The van der Waals surface area contributed by atoms with Crippen molar-refractivity contribution in [2.75, 3.05) is 25.5 Å². The minimum atomic E-state index is -0.149. The number of aromatic nitrogens is 2. The molecular weight excluding hydrogens is 404 g/mol. The fraction of sp³-hybridized carbons (Fsp3) is 0.417. The van der Waals surface area contributed by atoms with Crippen molar-refractivity contribution in [3.8, 4) is 0 Å². The van der Waals surface area contributed by atoms with E-state index in [9.17, 15) is 9.59 Å². The molecule has 166 valence electrons. The van der Waals surface area contributed by atoms with Crippen LogP contribution in [0.15, 0.2) is 35.2 Å². The zero-order valence-corrected chi connectivity index (χ0v) is 18.7. The number of hydrogen-bond donors (Lipinski definition) is 2. The number of likely N-dealkylation sites (tertiary alicyclic amines) is 1. The number of hydrogen-bond acceptors (Lipinski definition) is 7. The molecule has 1 amide bonds. The zero-order valence-electron chi connectivity index (χ0n) is 18.7. The number of aryl methyl sites for hydroxylation is 1. The first-order valence-electron chi connectivity index (χ1n) is 11.0. The Hall–Kier alpha value is -3.35. The Morgan fingerprint density at radius 3 is 2.69 bits per heavy atom. The Bertz CT molecular complexity index is 1110. The molecule has 2 aliphatic heterocycles. The van der Waals surface area contributed by atoms with E-state index in [2.05, 4.69) is 36.6 Å². The van der Waals surface area contributed by atoms with Gasteiger partial charge in [0, 0.05) is 26.0 Å². The van der Waals surface area contributed by atoms with Crippen LogP contribution in [0.25, 0.3) is 0 Å². The molecule has 8 nitrogen and oxygen atoms in total. The topological polar surface area (TPSA) is 99.6 Å². The van der Waals surface area contributed by atoms with Crippen molar-refractivity contribution in [1.29, 1.82) is 0 Å². The fourth-order valence-corrected chi connectivity index (χ4v) is 4.36. The maximum absolute atomic E-state index is 11.9. The highest BCUT2D eigenvalue weighted by Gasteiger charge is 2.23. The highest BCUT2D eigenvalue weighted by Crippen LogP contribution is 2.32. The molecule has 0 unspecified atom stereocenters. The summed E-state index contributed by atoms with van der Waals surface area (Å²) in [7, 11) is 1.62. The quantitative estimate of drug-likeness (QED) is 0.704. The van der Waals surface area contributed by atoms with E-state index in [1.807, 2.05) is 38.2 Å². The van der Waals surface area contributed by atoms with Gasteiger partial charge in [0.05, 0.1) is 11.4 Å². The van der Waals surface area contributed by atoms with Crippen LogP contribution in [-0.2, 0) is 11.3 Å². The molecule has 0 bridgehead atoms. The average molecular weight is 433 g/mol. The van der Waals surface area contributed by atoms with Crippen LogP contribution < -0.4 is 10.6 Å². The van der Waals surface area contributed by atoms with Crippen molar-refractivity contribution in [3.05, 3.63) is 52.6 Å². The van der Waals surface area contributed by atoms with Gasteiger partial charge in [-0.2, -0.15) is 0 Å². The molecule has 0 spiro atoms. The largest absolute Gasteiger partial charge is 0.354 e. The van der Waals surface area contributed by atoms with Crippen LogP contribution in [0.4, 0.5) is 11.5 Å². The summed E-state index contributed by atoms with van der Waals surface area (Å²) in [4.78, 5) is 38.9.